The lowest BCUT2D eigenvalue weighted by Crippen LogP contribution is -1.86. The van der Waals surface area contributed by atoms with E-state index in [9.17, 15) is 0 Å². The highest BCUT2D eigenvalue weighted by molar-refractivity contribution is 8.75. The van der Waals surface area contributed by atoms with Crippen LogP contribution in [-0.4, -0.2) is 33.8 Å². The molecule has 0 amide bonds. The topological polar surface area (TPSA) is 6.02 Å². The standard InChI is InChI=1S/C6H12N2S2/c1-5-3-7(5)9-10-8-4-6(8)2/h5-6H,3-4H2,1-2H3/t5-,6-,7?,8?/m0/s1. The molecule has 4 heteroatoms. The highest BCUT2D eigenvalue weighted by atomic mass is 33.1. The van der Waals surface area contributed by atoms with Gasteiger partial charge in [-0.15, -0.1) is 0 Å². The molecule has 0 aliphatic carbocycles. The van der Waals surface area contributed by atoms with E-state index >= 15 is 0 Å². The number of hydrogen-bond donors (Lipinski definition) is 0. The van der Waals surface area contributed by atoms with Gasteiger partial charge in [-0.05, 0) is 13.8 Å². The van der Waals surface area contributed by atoms with Crippen LogP contribution in [0.25, 0.3) is 0 Å². The Hall–Kier alpha value is 0.620. The van der Waals surface area contributed by atoms with E-state index in [1.165, 1.54) is 13.1 Å². The van der Waals surface area contributed by atoms with Crippen LogP contribution in [0.5, 0.6) is 0 Å². The monoisotopic (exact) mass is 176 g/mol. The summed E-state index contributed by atoms with van der Waals surface area (Å²) >= 11 is 0. The summed E-state index contributed by atoms with van der Waals surface area (Å²) in [6.45, 7) is 7.08. The van der Waals surface area contributed by atoms with Gasteiger partial charge in [0.2, 0.25) is 0 Å². The third-order valence-corrected chi connectivity index (χ3v) is 4.65. The summed E-state index contributed by atoms with van der Waals surface area (Å²) in [4.78, 5) is 0. The van der Waals surface area contributed by atoms with Crippen molar-refractivity contribution in [1.82, 2.24) is 8.61 Å². The van der Waals surface area contributed by atoms with Gasteiger partial charge in [0, 0.05) is 47.1 Å². The Morgan fingerprint density at radius 2 is 1.30 bits per heavy atom. The smallest absolute Gasteiger partial charge is 0.0320 e. The van der Waals surface area contributed by atoms with E-state index in [0.717, 1.165) is 12.1 Å². The average Bonchev–Trinajstić information content (AvgIpc) is 2.71. The lowest BCUT2D eigenvalue weighted by molar-refractivity contribution is 0.844. The highest BCUT2D eigenvalue weighted by Gasteiger charge is 2.35. The molecule has 4 atom stereocenters. The summed E-state index contributed by atoms with van der Waals surface area (Å²) in [6, 6.07) is 1.65. The number of rotatable bonds is 3. The van der Waals surface area contributed by atoms with Crippen LogP contribution in [0.15, 0.2) is 0 Å². The first-order valence-corrected chi connectivity index (χ1v) is 5.72. The first-order valence-electron chi connectivity index (χ1n) is 3.65. The van der Waals surface area contributed by atoms with Crippen molar-refractivity contribution in [2.45, 2.75) is 25.9 Å². The summed E-state index contributed by atoms with van der Waals surface area (Å²) in [5.41, 5.74) is 0. The van der Waals surface area contributed by atoms with E-state index < -0.39 is 0 Å². The molecule has 0 bridgehead atoms. The molecule has 2 aliphatic rings. The fraction of sp³-hybridized carbons (Fsp3) is 1.00. The molecule has 58 valence electrons. The fourth-order valence-electron chi connectivity index (χ4n) is 0.720. The van der Waals surface area contributed by atoms with Crippen molar-refractivity contribution in [2.75, 3.05) is 13.1 Å². The third-order valence-electron chi connectivity index (χ3n) is 1.83. The van der Waals surface area contributed by atoms with Gasteiger partial charge in [0.1, 0.15) is 0 Å². The third kappa shape index (κ3) is 1.61. The highest BCUT2D eigenvalue weighted by Crippen LogP contribution is 2.42. The second-order valence-corrected chi connectivity index (χ2v) is 5.18. The van der Waals surface area contributed by atoms with Crippen molar-refractivity contribution in [2.24, 2.45) is 0 Å². The number of nitrogens with zero attached hydrogens (tertiary/aromatic N) is 2. The summed E-state index contributed by atoms with van der Waals surface area (Å²) < 4.78 is 4.80. The Morgan fingerprint density at radius 1 is 1.00 bits per heavy atom. The minimum atomic E-state index is 0.827. The minimum Gasteiger partial charge on any atom is -0.234 e. The maximum Gasteiger partial charge on any atom is 0.0320 e. The molecule has 2 aliphatic heterocycles. The van der Waals surface area contributed by atoms with Crippen molar-refractivity contribution >= 4 is 22.0 Å². The first kappa shape index (κ1) is 7.28. The molecule has 0 aromatic heterocycles. The van der Waals surface area contributed by atoms with Crippen molar-refractivity contribution < 1.29 is 0 Å². The van der Waals surface area contributed by atoms with Crippen LogP contribution in [0.2, 0.25) is 0 Å². The molecule has 0 aromatic carbocycles. The molecular weight excluding hydrogens is 164 g/mol. The first-order chi connectivity index (χ1) is 4.77. The molecule has 0 saturated carbocycles. The lowest BCUT2D eigenvalue weighted by Gasteiger charge is -1.99. The summed E-state index contributed by atoms with van der Waals surface area (Å²) in [7, 11) is 3.80. The molecular formula is C6H12N2S2. The van der Waals surface area contributed by atoms with Gasteiger partial charge in [0.15, 0.2) is 0 Å². The van der Waals surface area contributed by atoms with Gasteiger partial charge < -0.3 is 0 Å². The van der Waals surface area contributed by atoms with Crippen LogP contribution in [0, 0.1) is 0 Å². The molecule has 2 nitrogen and oxygen atoms in total. The molecule has 0 aromatic rings. The zero-order chi connectivity index (χ0) is 7.14. The molecule has 2 heterocycles. The summed E-state index contributed by atoms with van der Waals surface area (Å²) in [5, 5.41) is 0. The normalized spacial score (nSPS) is 51.0. The molecule has 2 unspecified atom stereocenters. The second-order valence-electron chi connectivity index (χ2n) is 3.05. The Morgan fingerprint density at radius 3 is 1.50 bits per heavy atom. The zero-order valence-corrected chi connectivity index (χ0v) is 7.91. The van der Waals surface area contributed by atoms with Gasteiger partial charge >= 0.3 is 0 Å². The molecule has 2 rings (SSSR count). The minimum absolute atomic E-state index is 0.827. The van der Waals surface area contributed by atoms with Crippen molar-refractivity contribution in [1.29, 1.82) is 0 Å². The van der Waals surface area contributed by atoms with E-state index in [2.05, 4.69) is 22.5 Å². The molecule has 0 spiro atoms. The second kappa shape index (κ2) is 2.59. The largest absolute Gasteiger partial charge is 0.234 e. The van der Waals surface area contributed by atoms with Crippen molar-refractivity contribution in [3.05, 3.63) is 0 Å². The predicted molar refractivity (Wildman–Crippen MR) is 47.5 cm³/mol. The molecule has 0 radical (unpaired) electrons. The fourth-order valence-corrected chi connectivity index (χ4v) is 3.50. The lowest BCUT2D eigenvalue weighted by atomic mass is 10.6. The van der Waals surface area contributed by atoms with Gasteiger partial charge in [0.25, 0.3) is 0 Å². The molecule has 0 N–H and O–H groups in total. The Labute approximate surface area is 70.0 Å². The van der Waals surface area contributed by atoms with E-state index in [4.69, 9.17) is 0 Å². The number of hydrogen-bond acceptors (Lipinski definition) is 4. The van der Waals surface area contributed by atoms with Crippen LogP contribution in [-0.2, 0) is 0 Å². The van der Waals surface area contributed by atoms with Gasteiger partial charge in [-0.1, -0.05) is 0 Å². The van der Waals surface area contributed by atoms with E-state index in [1.54, 1.807) is 0 Å². The summed E-state index contributed by atoms with van der Waals surface area (Å²) in [6.07, 6.45) is 0. The van der Waals surface area contributed by atoms with Crippen LogP contribution in [0.4, 0.5) is 0 Å². The van der Waals surface area contributed by atoms with E-state index in [-0.39, 0.29) is 0 Å². The van der Waals surface area contributed by atoms with Crippen LogP contribution < -0.4 is 0 Å². The van der Waals surface area contributed by atoms with E-state index in [1.807, 2.05) is 22.0 Å². The molecule has 10 heavy (non-hydrogen) atoms. The van der Waals surface area contributed by atoms with E-state index in [0.29, 0.717) is 0 Å². The SMILES string of the molecule is C[C@H]1CN1SSN1C[C@@H]1C. The van der Waals surface area contributed by atoms with Crippen LogP contribution >= 0.6 is 22.0 Å². The quantitative estimate of drug-likeness (QED) is 0.366. The zero-order valence-electron chi connectivity index (χ0n) is 6.28. The van der Waals surface area contributed by atoms with Crippen molar-refractivity contribution in [3.8, 4) is 0 Å². The Kier molecular flexibility index (Phi) is 1.88. The predicted octanol–water partition coefficient (Wildman–Crippen LogP) is 1.61. The average molecular weight is 176 g/mol. The van der Waals surface area contributed by atoms with Crippen molar-refractivity contribution in [3.63, 3.8) is 0 Å². The van der Waals surface area contributed by atoms with Crippen LogP contribution in [0.1, 0.15) is 13.8 Å². The van der Waals surface area contributed by atoms with Gasteiger partial charge in [-0.25, -0.2) is 8.61 Å². The maximum atomic E-state index is 2.40. The Bertz CT molecular complexity index is 126. The van der Waals surface area contributed by atoms with Gasteiger partial charge in [0.05, 0.1) is 0 Å². The maximum absolute atomic E-state index is 2.40. The van der Waals surface area contributed by atoms with Crippen LogP contribution in [0.3, 0.4) is 0 Å². The molecule has 2 saturated heterocycles. The van der Waals surface area contributed by atoms with Gasteiger partial charge in [-0.2, -0.15) is 0 Å². The summed E-state index contributed by atoms with van der Waals surface area (Å²) in [5.74, 6) is 0. The molecule has 2 fully saturated rings. The Balaban J connectivity index is 1.57. The van der Waals surface area contributed by atoms with Gasteiger partial charge in [-0.3, -0.25) is 0 Å².